The van der Waals surface area contributed by atoms with Crippen molar-refractivity contribution in [3.8, 4) is 11.8 Å². The Morgan fingerprint density at radius 3 is 2.85 bits per heavy atom. The second-order valence-electron chi connectivity index (χ2n) is 6.16. The summed E-state index contributed by atoms with van der Waals surface area (Å²) in [6, 6.07) is 7.75. The number of rotatable bonds is 10. The van der Waals surface area contributed by atoms with Gasteiger partial charge in [0.1, 0.15) is 10.2 Å². The van der Waals surface area contributed by atoms with E-state index >= 15 is 0 Å². The van der Waals surface area contributed by atoms with E-state index in [0.29, 0.717) is 35.4 Å². The minimum absolute atomic E-state index is 0.142. The standard InChI is InChI=1S/C20H25BrN4O2/c1-3-5-7-16-12-15(13-22)8-9-18(16)27-11-6-10-23-17-14-24-25(4-2)20(26)19(17)21/h8-9,12,14,23H,3-7,10-11H2,1-2H3. The Hall–Kier alpha value is -2.33. The van der Waals surface area contributed by atoms with Crippen molar-refractivity contribution in [1.82, 2.24) is 9.78 Å². The van der Waals surface area contributed by atoms with Crippen molar-refractivity contribution >= 4 is 21.6 Å². The van der Waals surface area contributed by atoms with Gasteiger partial charge in [-0.3, -0.25) is 4.79 Å². The van der Waals surface area contributed by atoms with Crippen LogP contribution in [-0.4, -0.2) is 22.9 Å². The molecule has 6 nitrogen and oxygen atoms in total. The van der Waals surface area contributed by atoms with E-state index in [1.54, 1.807) is 12.3 Å². The maximum absolute atomic E-state index is 12.0. The van der Waals surface area contributed by atoms with Gasteiger partial charge in [-0.05, 0) is 65.9 Å². The lowest BCUT2D eigenvalue weighted by atomic mass is 10.0. The molecule has 0 saturated carbocycles. The van der Waals surface area contributed by atoms with E-state index in [1.807, 2.05) is 19.1 Å². The smallest absolute Gasteiger partial charge is 0.283 e. The van der Waals surface area contributed by atoms with Crippen molar-refractivity contribution in [1.29, 1.82) is 5.26 Å². The van der Waals surface area contributed by atoms with Crippen molar-refractivity contribution in [3.05, 3.63) is 50.3 Å². The molecule has 0 bridgehead atoms. The predicted octanol–water partition coefficient (Wildman–Crippen LogP) is 4.12. The number of aryl methyl sites for hydroxylation is 2. The number of anilines is 1. The van der Waals surface area contributed by atoms with Crippen LogP contribution in [0.5, 0.6) is 5.75 Å². The maximum atomic E-state index is 12.0. The summed E-state index contributed by atoms with van der Waals surface area (Å²) in [7, 11) is 0. The molecule has 1 heterocycles. The van der Waals surface area contributed by atoms with Crippen molar-refractivity contribution in [3.63, 3.8) is 0 Å². The molecule has 0 aliphatic carbocycles. The number of hydrogen-bond acceptors (Lipinski definition) is 5. The number of nitriles is 1. The summed E-state index contributed by atoms with van der Waals surface area (Å²) in [4.78, 5) is 12.0. The van der Waals surface area contributed by atoms with Gasteiger partial charge in [0.25, 0.3) is 5.56 Å². The molecule has 144 valence electrons. The van der Waals surface area contributed by atoms with Crippen LogP contribution < -0.4 is 15.6 Å². The Balaban J connectivity index is 1.88. The van der Waals surface area contributed by atoms with E-state index in [4.69, 9.17) is 10.00 Å². The highest BCUT2D eigenvalue weighted by molar-refractivity contribution is 9.10. The zero-order valence-electron chi connectivity index (χ0n) is 15.8. The fourth-order valence-electron chi connectivity index (χ4n) is 2.64. The van der Waals surface area contributed by atoms with E-state index in [0.717, 1.165) is 37.0 Å². The Kier molecular flexibility index (Phi) is 8.34. The summed E-state index contributed by atoms with van der Waals surface area (Å²) in [6.45, 7) is 5.78. The molecule has 0 fully saturated rings. The molecule has 0 saturated heterocycles. The van der Waals surface area contributed by atoms with Crippen LogP contribution >= 0.6 is 15.9 Å². The van der Waals surface area contributed by atoms with Crippen molar-refractivity contribution in [2.45, 2.75) is 46.1 Å². The Bertz CT molecular complexity index is 858. The van der Waals surface area contributed by atoms with Gasteiger partial charge in [-0.2, -0.15) is 10.4 Å². The molecule has 2 rings (SSSR count). The normalized spacial score (nSPS) is 10.4. The highest BCUT2D eigenvalue weighted by atomic mass is 79.9. The molecule has 27 heavy (non-hydrogen) atoms. The van der Waals surface area contributed by atoms with Crippen LogP contribution in [0, 0.1) is 11.3 Å². The molecule has 0 aliphatic heterocycles. The highest BCUT2D eigenvalue weighted by Crippen LogP contribution is 2.22. The van der Waals surface area contributed by atoms with E-state index in [-0.39, 0.29) is 5.56 Å². The third-order valence-electron chi connectivity index (χ3n) is 4.17. The van der Waals surface area contributed by atoms with Gasteiger partial charge in [-0.15, -0.1) is 0 Å². The lowest BCUT2D eigenvalue weighted by Gasteiger charge is -2.13. The monoisotopic (exact) mass is 432 g/mol. The molecular formula is C20H25BrN4O2. The van der Waals surface area contributed by atoms with E-state index in [2.05, 4.69) is 39.3 Å². The van der Waals surface area contributed by atoms with Crippen LogP contribution in [-0.2, 0) is 13.0 Å². The van der Waals surface area contributed by atoms with Crippen LogP contribution in [0.2, 0.25) is 0 Å². The molecule has 1 aromatic carbocycles. The molecule has 0 radical (unpaired) electrons. The van der Waals surface area contributed by atoms with Crippen LogP contribution in [0.15, 0.2) is 33.7 Å². The minimum Gasteiger partial charge on any atom is -0.493 e. The third kappa shape index (κ3) is 5.83. The SMILES string of the molecule is CCCCc1cc(C#N)ccc1OCCCNc1cnn(CC)c(=O)c1Br. The number of nitrogens with zero attached hydrogens (tertiary/aromatic N) is 3. The number of aromatic nitrogens is 2. The van der Waals surface area contributed by atoms with Gasteiger partial charge < -0.3 is 10.1 Å². The molecule has 1 aromatic heterocycles. The second-order valence-corrected chi connectivity index (χ2v) is 6.95. The van der Waals surface area contributed by atoms with Gasteiger partial charge in [0.2, 0.25) is 0 Å². The molecule has 1 N–H and O–H groups in total. The Labute approximate surface area is 168 Å². The Morgan fingerprint density at radius 1 is 1.33 bits per heavy atom. The fraction of sp³-hybridized carbons (Fsp3) is 0.450. The van der Waals surface area contributed by atoms with Crippen LogP contribution in [0.1, 0.15) is 44.2 Å². The Morgan fingerprint density at radius 2 is 2.15 bits per heavy atom. The van der Waals surface area contributed by atoms with Crippen molar-refractivity contribution in [2.75, 3.05) is 18.5 Å². The average Bonchev–Trinajstić information content (AvgIpc) is 2.69. The molecule has 0 unspecified atom stereocenters. The van der Waals surface area contributed by atoms with Gasteiger partial charge >= 0.3 is 0 Å². The number of ether oxygens (including phenoxy) is 1. The summed E-state index contributed by atoms with van der Waals surface area (Å²) >= 11 is 3.33. The fourth-order valence-corrected chi connectivity index (χ4v) is 3.09. The van der Waals surface area contributed by atoms with E-state index < -0.39 is 0 Å². The topological polar surface area (TPSA) is 79.9 Å². The summed E-state index contributed by atoms with van der Waals surface area (Å²) in [5.41, 5.74) is 2.29. The molecule has 0 aliphatic rings. The number of halogens is 1. The molecule has 7 heteroatoms. The number of nitrogens with one attached hydrogen (secondary N) is 1. The largest absolute Gasteiger partial charge is 0.493 e. The van der Waals surface area contributed by atoms with Crippen LogP contribution in [0.25, 0.3) is 0 Å². The average molecular weight is 433 g/mol. The zero-order chi connectivity index (χ0) is 19.6. The second kappa shape index (κ2) is 10.7. The van der Waals surface area contributed by atoms with E-state index in [9.17, 15) is 4.79 Å². The van der Waals surface area contributed by atoms with Crippen molar-refractivity contribution in [2.24, 2.45) is 0 Å². The molecule has 0 spiro atoms. The highest BCUT2D eigenvalue weighted by Gasteiger charge is 2.08. The quantitative estimate of drug-likeness (QED) is 0.571. The van der Waals surface area contributed by atoms with Crippen molar-refractivity contribution < 1.29 is 4.74 Å². The maximum Gasteiger partial charge on any atom is 0.283 e. The van der Waals surface area contributed by atoms with Gasteiger partial charge in [0, 0.05) is 13.1 Å². The number of hydrogen-bond donors (Lipinski definition) is 1. The van der Waals surface area contributed by atoms with Gasteiger partial charge in [0.05, 0.1) is 30.1 Å². The summed E-state index contributed by atoms with van der Waals surface area (Å²) in [6.07, 6.45) is 5.50. The van der Waals surface area contributed by atoms with Crippen LogP contribution in [0.3, 0.4) is 0 Å². The first-order valence-corrected chi connectivity index (χ1v) is 10.0. The van der Waals surface area contributed by atoms with E-state index in [1.165, 1.54) is 4.68 Å². The van der Waals surface area contributed by atoms with Gasteiger partial charge in [-0.25, -0.2) is 4.68 Å². The van der Waals surface area contributed by atoms with Crippen LogP contribution in [0.4, 0.5) is 5.69 Å². The molecular weight excluding hydrogens is 408 g/mol. The molecule has 2 aromatic rings. The number of unbranched alkanes of at least 4 members (excludes halogenated alkanes) is 1. The summed E-state index contributed by atoms with van der Waals surface area (Å²) < 4.78 is 7.82. The third-order valence-corrected chi connectivity index (χ3v) is 4.93. The molecule has 0 amide bonds. The first-order valence-electron chi connectivity index (χ1n) is 9.26. The van der Waals surface area contributed by atoms with Gasteiger partial charge in [-0.1, -0.05) is 13.3 Å². The zero-order valence-corrected chi connectivity index (χ0v) is 17.4. The lowest BCUT2D eigenvalue weighted by molar-refractivity contribution is 0.311. The first kappa shape index (κ1) is 21.0. The summed E-state index contributed by atoms with van der Waals surface area (Å²) in [5.74, 6) is 0.843. The molecule has 0 atom stereocenters. The predicted molar refractivity (Wildman–Crippen MR) is 110 cm³/mol. The first-order chi connectivity index (χ1) is 13.1. The number of benzene rings is 1. The lowest BCUT2D eigenvalue weighted by Crippen LogP contribution is -2.24. The summed E-state index contributed by atoms with van der Waals surface area (Å²) in [5, 5.41) is 16.4. The minimum atomic E-state index is -0.142. The van der Waals surface area contributed by atoms with Gasteiger partial charge in [0.15, 0.2) is 0 Å².